The van der Waals surface area contributed by atoms with Crippen molar-refractivity contribution in [3.8, 4) is 0 Å². The Morgan fingerprint density at radius 2 is 1.85 bits per heavy atom. The third-order valence-corrected chi connectivity index (χ3v) is 2.53. The van der Waals surface area contributed by atoms with E-state index in [1.54, 1.807) is 0 Å². The summed E-state index contributed by atoms with van der Waals surface area (Å²) in [6, 6.07) is -1.22. The summed E-state index contributed by atoms with van der Waals surface area (Å²) in [6.45, 7) is 2.98. The molecule has 0 aromatic carbocycles. The zero-order valence-corrected chi connectivity index (χ0v) is 11.3. The summed E-state index contributed by atoms with van der Waals surface area (Å²) in [4.78, 5) is 21.9. The number of urea groups is 1. The van der Waals surface area contributed by atoms with Crippen molar-refractivity contribution in [1.82, 2.24) is 10.6 Å². The maximum absolute atomic E-state index is 12.6. The van der Waals surface area contributed by atoms with Gasteiger partial charge in [0.2, 0.25) is 5.54 Å². The lowest BCUT2D eigenvalue weighted by Gasteiger charge is -2.28. The van der Waals surface area contributed by atoms with E-state index >= 15 is 0 Å². The highest BCUT2D eigenvalue weighted by Gasteiger charge is 2.58. The lowest BCUT2D eigenvalue weighted by Crippen LogP contribution is -2.63. The van der Waals surface area contributed by atoms with Crippen molar-refractivity contribution in [3.05, 3.63) is 0 Å². The molecule has 0 bridgehead atoms. The fraction of sp³-hybridized carbons (Fsp3) is 0.818. The molecule has 3 N–H and O–H groups in total. The Labute approximate surface area is 114 Å². The van der Waals surface area contributed by atoms with Crippen LogP contribution in [0.4, 0.5) is 18.0 Å². The predicted molar refractivity (Wildman–Crippen MR) is 64.4 cm³/mol. The predicted octanol–water partition coefficient (Wildman–Crippen LogP) is 1.51. The lowest BCUT2D eigenvalue weighted by atomic mass is 10.0. The maximum Gasteiger partial charge on any atom is 0.422 e. The first-order valence-corrected chi connectivity index (χ1v) is 6.09. The molecule has 0 aliphatic carbocycles. The number of carbonyl (C=O) groups is 2. The molecule has 0 aromatic rings. The molecule has 0 aromatic heterocycles. The van der Waals surface area contributed by atoms with Gasteiger partial charge in [0.15, 0.2) is 0 Å². The third-order valence-electron chi connectivity index (χ3n) is 2.53. The molecule has 0 aliphatic heterocycles. The molecule has 0 fully saturated rings. The SMILES string of the molecule is CCCCOCCNC(=O)NC(C)(C(=O)O)C(F)(F)F. The van der Waals surface area contributed by atoms with E-state index in [2.05, 4.69) is 5.32 Å². The summed E-state index contributed by atoms with van der Waals surface area (Å²) in [5, 5.41) is 12.1. The lowest BCUT2D eigenvalue weighted by molar-refractivity contribution is -0.203. The first-order chi connectivity index (χ1) is 9.15. The maximum atomic E-state index is 12.6. The highest BCUT2D eigenvalue weighted by Crippen LogP contribution is 2.30. The number of nitrogens with one attached hydrogen (secondary N) is 2. The molecule has 9 heteroatoms. The van der Waals surface area contributed by atoms with Crippen molar-refractivity contribution in [2.75, 3.05) is 19.8 Å². The van der Waals surface area contributed by atoms with Gasteiger partial charge >= 0.3 is 18.2 Å². The summed E-state index contributed by atoms with van der Waals surface area (Å²) in [7, 11) is 0. The molecule has 0 radical (unpaired) electrons. The quantitative estimate of drug-likeness (QED) is 0.593. The van der Waals surface area contributed by atoms with E-state index in [9.17, 15) is 22.8 Å². The van der Waals surface area contributed by atoms with Gasteiger partial charge < -0.3 is 20.5 Å². The summed E-state index contributed by atoms with van der Waals surface area (Å²) in [5.41, 5.74) is -3.33. The van der Waals surface area contributed by atoms with E-state index in [4.69, 9.17) is 9.84 Å². The van der Waals surface area contributed by atoms with Gasteiger partial charge in [-0.15, -0.1) is 0 Å². The van der Waals surface area contributed by atoms with Gasteiger partial charge in [0.1, 0.15) is 0 Å². The topological polar surface area (TPSA) is 87.7 Å². The van der Waals surface area contributed by atoms with E-state index in [0.29, 0.717) is 13.5 Å². The Morgan fingerprint density at radius 3 is 2.30 bits per heavy atom. The Hall–Kier alpha value is -1.51. The zero-order valence-electron chi connectivity index (χ0n) is 11.3. The van der Waals surface area contributed by atoms with Crippen molar-refractivity contribution in [3.63, 3.8) is 0 Å². The van der Waals surface area contributed by atoms with E-state index in [0.717, 1.165) is 12.8 Å². The number of unbranched alkanes of at least 4 members (excludes halogenated alkanes) is 1. The average Bonchev–Trinajstić information content (AvgIpc) is 2.31. The second-order valence-corrected chi connectivity index (χ2v) is 4.27. The minimum atomic E-state index is -5.10. The molecule has 118 valence electrons. The Morgan fingerprint density at radius 1 is 1.25 bits per heavy atom. The van der Waals surface area contributed by atoms with Gasteiger partial charge in [0, 0.05) is 13.2 Å². The summed E-state index contributed by atoms with van der Waals surface area (Å²) < 4.78 is 42.9. The van der Waals surface area contributed by atoms with E-state index in [1.807, 2.05) is 6.92 Å². The van der Waals surface area contributed by atoms with Gasteiger partial charge in [-0.25, -0.2) is 9.59 Å². The number of carboxylic acid groups (broad SMARTS) is 1. The van der Waals surface area contributed by atoms with Crippen LogP contribution in [-0.2, 0) is 9.53 Å². The number of hydrogen-bond acceptors (Lipinski definition) is 3. The molecular weight excluding hydrogens is 281 g/mol. The number of ether oxygens (including phenoxy) is 1. The van der Waals surface area contributed by atoms with Crippen LogP contribution in [0.5, 0.6) is 0 Å². The first-order valence-electron chi connectivity index (χ1n) is 6.09. The summed E-state index contributed by atoms with van der Waals surface area (Å²) in [6.07, 6.45) is -3.32. The number of alkyl halides is 3. The van der Waals surface area contributed by atoms with Crippen LogP contribution in [0.1, 0.15) is 26.7 Å². The molecule has 0 saturated heterocycles. The number of aliphatic carboxylic acids is 1. The van der Waals surface area contributed by atoms with E-state index in [1.165, 1.54) is 5.32 Å². The molecule has 6 nitrogen and oxygen atoms in total. The highest BCUT2D eigenvalue weighted by atomic mass is 19.4. The molecule has 0 heterocycles. The Bertz CT molecular complexity index is 336. The van der Waals surface area contributed by atoms with Gasteiger partial charge in [0.05, 0.1) is 6.61 Å². The minimum Gasteiger partial charge on any atom is -0.479 e. The van der Waals surface area contributed by atoms with Crippen molar-refractivity contribution in [2.24, 2.45) is 0 Å². The van der Waals surface area contributed by atoms with E-state index in [-0.39, 0.29) is 13.2 Å². The van der Waals surface area contributed by atoms with Crippen LogP contribution >= 0.6 is 0 Å². The molecule has 0 aliphatic rings. The number of halogens is 3. The summed E-state index contributed by atoms with van der Waals surface area (Å²) in [5.74, 6) is -2.18. The Kier molecular flexibility index (Phi) is 7.33. The molecule has 20 heavy (non-hydrogen) atoms. The molecule has 0 rings (SSSR count). The first kappa shape index (κ1) is 18.5. The van der Waals surface area contributed by atoms with Gasteiger partial charge in [-0.3, -0.25) is 0 Å². The van der Waals surface area contributed by atoms with Crippen LogP contribution in [0.3, 0.4) is 0 Å². The molecular formula is C11H19F3N2O4. The van der Waals surface area contributed by atoms with Crippen LogP contribution in [-0.4, -0.2) is 48.6 Å². The van der Waals surface area contributed by atoms with Gasteiger partial charge in [0.25, 0.3) is 0 Å². The molecule has 1 unspecified atom stereocenters. The van der Waals surface area contributed by atoms with Gasteiger partial charge in [-0.2, -0.15) is 13.2 Å². The van der Waals surface area contributed by atoms with Crippen LogP contribution in [0.2, 0.25) is 0 Å². The zero-order chi connectivity index (χ0) is 15.8. The second kappa shape index (κ2) is 7.93. The average molecular weight is 300 g/mol. The largest absolute Gasteiger partial charge is 0.479 e. The van der Waals surface area contributed by atoms with Crippen LogP contribution in [0.25, 0.3) is 0 Å². The number of carbonyl (C=O) groups excluding carboxylic acids is 1. The van der Waals surface area contributed by atoms with Crippen molar-refractivity contribution in [1.29, 1.82) is 0 Å². The van der Waals surface area contributed by atoms with Crippen LogP contribution in [0.15, 0.2) is 0 Å². The third kappa shape index (κ3) is 5.64. The monoisotopic (exact) mass is 300 g/mol. The van der Waals surface area contributed by atoms with Crippen LogP contribution < -0.4 is 10.6 Å². The van der Waals surface area contributed by atoms with Crippen molar-refractivity contribution >= 4 is 12.0 Å². The second-order valence-electron chi connectivity index (χ2n) is 4.27. The number of hydrogen-bond donors (Lipinski definition) is 3. The minimum absolute atomic E-state index is 0.0108. The molecule has 2 amide bonds. The fourth-order valence-electron chi connectivity index (χ4n) is 1.10. The fourth-order valence-corrected chi connectivity index (χ4v) is 1.10. The summed E-state index contributed by atoms with van der Waals surface area (Å²) >= 11 is 0. The number of rotatable bonds is 8. The van der Waals surface area contributed by atoms with E-state index < -0.39 is 23.7 Å². The van der Waals surface area contributed by atoms with Crippen molar-refractivity contribution < 1.29 is 32.6 Å². The Balaban J connectivity index is 4.20. The molecule has 0 spiro atoms. The number of amides is 2. The van der Waals surface area contributed by atoms with Gasteiger partial charge in [-0.1, -0.05) is 13.3 Å². The van der Waals surface area contributed by atoms with Gasteiger partial charge in [-0.05, 0) is 13.3 Å². The standard InChI is InChI=1S/C11H19F3N2O4/c1-3-4-6-20-7-5-15-9(19)16-10(2,8(17)18)11(12,13)14/h3-7H2,1-2H3,(H,17,18)(H2,15,16,19). The van der Waals surface area contributed by atoms with Crippen LogP contribution in [0, 0.1) is 0 Å². The molecule has 1 atom stereocenters. The normalized spacial score (nSPS) is 14.4. The van der Waals surface area contributed by atoms with Crippen molar-refractivity contribution in [2.45, 2.75) is 38.4 Å². The smallest absolute Gasteiger partial charge is 0.422 e. The highest BCUT2D eigenvalue weighted by molar-refractivity contribution is 5.86. The number of carboxylic acids is 1. The molecule has 0 saturated carbocycles.